The summed E-state index contributed by atoms with van der Waals surface area (Å²) in [5.41, 5.74) is 0.735. The van der Waals surface area contributed by atoms with Gasteiger partial charge in [0.05, 0.1) is 27.6 Å². The Kier molecular flexibility index (Phi) is 5.71. The normalized spacial score (nSPS) is 15.5. The van der Waals surface area contributed by atoms with Crippen molar-refractivity contribution in [3.63, 3.8) is 0 Å². The van der Waals surface area contributed by atoms with E-state index in [9.17, 15) is 14.9 Å². The molecule has 0 saturated carbocycles. The fourth-order valence-electron chi connectivity index (χ4n) is 2.38. The van der Waals surface area contributed by atoms with Gasteiger partial charge in [0.15, 0.2) is 4.32 Å². The van der Waals surface area contributed by atoms with E-state index in [1.165, 1.54) is 36.3 Å². The van der Waals surface area contributed by atoms with Crippen LogP contribution in [0.2, 0.25) is 10.0 Å². The molecule has 0 unspecified atom stereocenters. The number of carbonyl (C=O) groups is 1. The Morgan fingerprint density at radius 2 is 1.96 bits per heavy atom. The Morgan fingerprint density at radius 1 is 1.22 bits per heavy atom. The van der Waals surface area contributed by atoms with Gasteiger partial charge in [-0.1, -0.05) is 47.2 Å². The molecule has 10 heteroatoms. The number of halogens is 2. The average Bonchev–Trinajstić information content (AvgIpc) is 2.90. The first-order valence-electron chi connectivity index (χ1n) is 7.37. The quantitative estimate of drug-likeness (QED) is 0.277. The van der Waals surface area contributed by atoms with Gasteiger partial charge in [0, 0.05) is 22.7 Å². The highest BCUT2D eigenvalue weighted by Gasteiger charge is 2.33. The van der Waals surface area contributed by atoms with Crippen molar-refractivity contribution in [3.8, 4) is 5.75 Å². The third kappa shape index (κ3) is 3.93. The third-order valence-electron chi connectivity index (χ3n) is 3.66. The molecule has 0 atom stereocenters. The molecule has 1 heterocycles. The second kappa shape index (κ2) is 7.85. The molecule has 2 aromatic carbocycles. The zero-order valence-electron chi connectivity index (χ0n) is 13.6. The lowest BCUT2D eigenvalue weighted by Gasteiger charge is -2.15. The number of hydrogen-bond donors (Lipinski definition) is 0. The molecule has 3 rings (SSSR count). The summed E-state index contributed by atoms with van der Waals surface area (Å²) in [6.45, 7) is 0. The standard InChI is InChI=1S/C17H10Cl2N2O4S2/c1-25-14-5-3-10(8-13(14)19)20-16(22)15(27-17(20)26)7-9-6-11(21(23)24)2-4-12(9)18/h2-8H,1H3/b15-7-. The van der Waals surface area contributed by atoms with E-state index in [0.29, 0.717) is 36.3 Å². The Bertz CT molecular complexity index is 1010. The fourth-order valence-corrected chi connectivity index (χ4v) is 4.10. The van der Waals surface area contributed by atoms with Gasteiger partial charge >= 0.3 is 0 Å². The molecule has 0 N–H and O–H groups in total. The summed E-state index contributed by atoms with van der Waals surface area (Å²) >= 11 is 18.6. The maximum Gasteiger partial charge on any atom is 0.270 e. The molecule has 27 heavy (non-hydrogen) atoms. The first-order valence-corrected chi connectivity index (χ1v) is 9.35. The second-order valence-electron chi connectivity index (χ2n) is 5.30. The topological polar surface area (TPSA) is 72.7 Å². The van der Waals surface area contributed by atoms with Crippen LogP contribution in [0.25, 0.3) is 6.08 Å². The molecule has 2 aromatic rings. The van der Waals surface area contributed by atoms with Gasteiger partial charge in [0.1, 0.15) is 5.75 Å². The fraction of sp³-hybridized carbons (Fsp3) is 0.0588. The summed E-state index contributed by atoms with van der Waals surface area (Å²) in [7, 11) is 1.49. The molecular formula is C17H10Cl2N2O4S2. The van der Waals surface area contributed by atoms with Crippen LogP contribution in [-0.4, -0.2) is 22.3 Å². The number of carbonyl (C=O) groups excluding carboxylic acids is 1. The van der Waals surface area contributed by atoms with Gasteiger partial charge in [-0.15, -0.1) is 0 Å². The average molecular weight is 441 g/mol. The van der Waals surface area contributed by atoms with Crippen molar-refractivity contribution in [2.45, 2.75) is 0 Å². The number of hydrogen-bond acceptors (Lipinski definition) is 6. The SMILES string of the molecule is COc1ccc(N2C(=O)/C(=C/c3cc([N+](=O)[O-])ccc3Cl)SC2=S)cc1Cl. The lowest BCUT2D eigenvalue weighted by Crippen LogP contribution is -2.27. The summed E-state index contributed by atoms with van der Waals surface area (Å²) in [4.78, 5) is 24.9. The van der Waals surface area contributed by atoms with Crippen LogP contribution in [0.3, 0.4) is 0 Å². The van der Waals surface area contributed by atoms with Gasteiger partial charge < -0.3 is 4.74 Å². The van der Waals surface area contributed by atoms with Crippen LogP contribution in [0, 0.1) is 10.1 Å². The van der Waals surface area contributed by atoms with Crippen molar-refractivity contribution >= 4 is 74.9 Å². The molecule has 1 aliphatic heterocycles. The minimum atomic E-state index is -0.530. The van der Waals surface area contributed by atoms with E-state index in [-0.39, 0.29) is 11.6 Å². The van der Waals surface area contributed by atoms with Gasteiger partial charge in [-0.3, -0.25) is 19.8 Å². The van der Waals surface area contributed by atoms with E-state index in [4.69, 9.17) is 40.2 Å². The molecule has 0 radical (unpaired) electrons. The molecule has 6 nitrogen and oxygen atoms in total. The third-order valence-corrected chi connectivity index (χ3v) is 5.61. The maximum atomic E-state index is 12.8. The van der Waals surface area contributed by atoms with Crippen LogP contribution in [0.5, 0.6) is 5.75 Å². The van der Waals surface area contributed by atoms with Gasteiger partial charge in [-0.25, -0.2) is 0 Å². The Morgan fingerprint density at radius 3 is 2.59 bits per heavy atom. The molecule has 0 aliphatic carbocycles. The highest BCUT2D eigenvalue weighted by molar-refractivity contribution is 8.27. The molecule has 0 spiro atoms. The molecule has 0 bridgehead atoms. The summed E-state index contributed by atoms with van der Waals surface area (Å²) in [6, 6.07) is 8.89. The van der Waals surface area contributed by atoms with Crippen molar-refractivity contribution in [2.75, 3.05) is 12.0 Å². The minimum absolute atomic E-state index is 0.122. The molecule has 0 aromatic heterocycles. The van der Waals surface area contributed by atoms with Crippen molar-refractivity contribution in [2.24, 2.45) is 0 Å². The summed E-state index contributed by atoms with van der Waals surface area (Å²) in [5.74, 6) is 0.110. The number of rotatable bonds is 4. The number of thioether (sulfide) groups is 1. The first kappa shape index (κ1) is 19.6. The molecule has 1 fully saturated rings. The predicted molar refractivity (Wildman–Crippen MR) is 112 cm³/mol. The lowest BCUT2D eigenvalue weighted by molar-refractivity contribution is -0.384. The second-order valence-corrected chi connectivity index (χ2v) is 7.79. The Labute approximate surface area is 173 Å². The van der Waals surface area contributed by atoms with Crippen molar-refractivity contribution in [1.82, 2.24) is 0 Å². The first-order chi connectivity index (χ1) is 12.8. The smallest absolute Gasteiger partial charge is 0.270 e. The summed E-state index contributed by atoms with van der Waals surface area (Å²) < 4.78 is 5.42. The van der Waals surface area contributed by atoms with E-state index < -0.39 is 4.92 Å². The van der Waals surface area contributed by atoms with Crippen LogP contribution in [0.1, 0.15) is 5.56 Å². The number of ether oxygens (including phenoxy) is 1. The summed E-state index contributed by atoms with van der Waals surface area (Å²) in [5, 5.41) is 11.6. The number of nitro benzene ring substituents is 1. The van der Waals surface area contributed by atoms with Gasteiger partial charge in [0.25, 0.3) is 11.6 Å². The van der Waals surface area contributed by atoms with Crippen molar-refractivity contribution in [3.05, 3.63) is 67.0 Å². The van der Waals surface area contributed by atoms with Crippen LogP contribution in [0.4, 0.5) is 11.4 Å². The van der Waals surface area contributed by atoms with Crippen LogP contribution in [-0.2, 0) is 4.79 Å². The number of benzene rings is 2. The van der Waals surface area contributed by atoms with Gasteiger partial charge in [0.2, 0.25) is 0 Å². The zero-order valence-corrected chi connectivity index (χ0v) is 16.8. The number of thiocarbonyl (C=S) groups is 1. The van der Waals surface area contributed by atoms with Gasteiger partial charge in [-0.05, 0) is 30.3 Å². The largest absolute Gasteiger partial charge is 0.495 e. The highest BCUT2D eigenvalue weighted by atomic mass is 35.5. The van der Waals surface area contributed by atoms with E-state index in [1.807, 2.05) is 0 Å². The number of anilines is 1. The van der Waals surface area contributed by atoms with Crippen molar-refractivity contribution < 1.29 is 14.5 Å². The molecule has 138 valence electrons. The number of nitro groups is 1. The van der Waals surface area contributed by atoms with Gasteiger partial charge in [-0.2, -0.15) is 0 Å². The number of nitrogens with zero attached hydrogens (tertiary/aromatic N) is 2. The molecule has 1 amide bonds. The number of non-ortho nitro benzene ring substituents is 1. The molecular weight excluding hydrogens is 431 g/mol. The van der Waals surface area contributed by atoms with E-state index >= 15 is 0 Å². The Hall–Kier alpha value is -2.13. The lowest BCUT2D eigenvalue weighted by atomic mass is 10.2. The van der Waals surface area contributed by atoms with E-state index in [1.54, 1.807) is 18.2 Å². The monoisotopic (exact) mass is 440 g/mol. The van der Waals surface area contributed by atoms with E-state index in [2.05, 4.69) is 0 Å². The Balaban J connectivity index is 1.97. The zero-order chi connectivity index (χ0) is 19.7. The highest BCUT2D eigenvalue weighted by Crippen LogP contribution is 2.39. The number of methoxy groups -OCH3 is 1. The van der Waals surface area contributed by atoms with Crippen LogP contribution in [0.15, 0.2) is 41.3 Å². The maximum absolute atomic E-state index is 12.8. The van der Waals surface area contributed by atoms with E-state index in [0.717, 1.165) is 11.8 Å². The van der Waals surface area contributed by atoms with Crippen LogP contribution >= 0.6 is 47.2 Å². The predicted octanol–water partition coefficient (Wildman–Crippen LogP) is 5.32. The molecule has 1 saturated heterocycles. The van der Waals surface area contributed by atoms with Crippen molar-refractivity contribution in [1.29, 1.82) is 0 Å². The summed E-state index contributed by atoms with van der Waals surface area (Å²) in [6.07, 6.45) is 1.49. The molecule has 1 aliphatic rings. The van der Waals surface area contributed by atoms with Crippen LogP contribution < -0.4 is 9.64 Å². The number of amides is 1. The minimum Gasteiger partial charge on any atom is -0.495 e.